The number of hydrogen-bond acceptors (Lipinski definition) is 7. The average molecular weight is 474 g/mol. The molecule has 0 aromatic rings. The first-order valence-electron chi connectivity index (χ1n) is 10.5. The third kappa shape index (κ3) is 12.9. The van der Waals surface area contributed by atoms with Gasteiger partial charge in [-0.15, -0.1) is 0 Å². The van der Waals surface area contributed by atoms with Crippen molar-refractivity contribution in [1.82, 2.24) is 16.0 Å². The molecule has 0 heterocycles. The Labute approximate surface area is 191 Å². The van der Waals surface area contributed by atoms with Crippen molar-refractivity contribution in [2.75, 3.05) is 13.1 Å². The van der Waals surface area contributed by atoms with Crippen LogP contribution in [0, 0.1) is 5.92 Å². The lowest BCUT2D eigenvalue weighted by Gasteiger charge is -2.26. The normalized spacial score (nSPS) is 14.2. The fraction of sp³-hybridized carbons (Fsp3) is 0.684. The maximum absolute atomic E-state index is 12.8. The highest BCUT2D eigenvalue weighted by Gasteiger charge is 2.31. The molecule has 0 aliphatic rings. The number of rotatable bonds is 16. The van der Waals surface area contributed by atoms with Crippen LogP contribution in [0.15, 0.2) is 4.99 Å². The molecular weight excluding hydrogens is 438 g/mol. The predicted octanol–water partition coefficient (Wildman–Crippen LogP) is -2.55. The number of aliphatic carboxylic acids is 2. The van der Waals surface area contributed by atoms with Gasteiger partial charge in [-0.1, -0.05) is 20.3 Å². The molecule has 188 valence electrons. The lowest BCUT2D eigenvalue weighted by Crippen LogP contribution is -2.57. The highest BCUT2D eigenvalue weighted by molar-refractivity contribution is 5.94. The third-order valence-corrected chi connectivity index (χ3v) is 4.79. The summed E-state index contributed by atoms with van der Waals surface area (Å²) in [5.74, 6) is -5.06. The van der Waals surface area contributed by atoms with E-state index < -0.39 is 60.8 Å². The van der Waals surface area contributed by atoms with Crippen LogP contribution < -0.4 is 33.2 Å². The van der Waals surface area contributed by atoms with Crippen molar-refractivity contribution in [3.8, 4) is 0 Å². The Morgan fingerprint density at radius 1 is 0.939 bits per heavy atom. The van der Waals surface area contributed by atoms with E-state index in [2.05, 4.69) is 20.9 Å². The van der Waals surface area contributed by atoms with E-state index in [-0.39, 0.29) is 31.3 Å². The summed E-state index contributed by atoms with van der Waals surface area (Å²) >= 11 is 0. The molecule has 0 aromatic heterocycles. The van der Waals surface area contributed by atoms with Crippen molar-refractivity contribution in [3.63, 3.8) is 0 Å². The molecule has 4 unspecified atom stereocenters. The Hall–Kier alpha value is -3.42. The van der Waals surface area contributed by atoms with Gasteiger partial charge in [-0.2, -0.15) is 0 Å². The smallest absolute Gasteiger partial charge is 0.322 e. The number of nitrogens with one attached hydrogen (secondary N) is 3. The molecule has 0 aliphatic carbocycles. The summed E-state index contributed by atoms with van der Waals surface area (Å²) in [6.07, 6.45) is 0.439. The van der Waals surface area contributed by atoms with Gasteiger partial charge in [0.1, 0.15) is 18.6 Å². The number of carbonyl (C=O) groups is 5. The van der Waals surface area contributed by atoms with E-state index >= 15 is 0 Å². The van der Waals surface area contributed by atoms with E-state index in [1.54, 1.807) is 13.8 Å². The van der Waals surface area contributed by atoms with Crippen LogP contribution in [0.3, 0.4) is 0 Å². The van der Waals surface area contributed by atoms with Crippen LogP contribution in [0.4, 0.5) is 0 Å². The monoisotopic (exact) mass is 473 g/mol. The topological polar surface area (TPSA) is 252 Å². The quantitative estimate of drug-likeness (QED) is 0.0661. The lowest BCUT2D eigenvalue weighted by atomic mass is 9.97. The van der Waals surface area contributed by atoms with Crippen LogP contribution >= 0.6 is 0 Å². The lowest BCUT2D eigenvalue weighted by molar-refractivity contribution is -0.139. The minimum atomic E-state index is -1.27. The predicted molar refractivity (Wildman–Crippen MR) is 119 cm³/mol. The van der Waals surface area contributed by atoms with E-state index in [1.165, 1.54) is 0 Å². The number of hydrogen-bond donors (Lipinski definition) is 8. The van der Waals surface area contributed by atoms with Gasteiger partial charge in [0.25, 0.3) is 0 Å². The van der Waals surface area contributed by atoms with Crippen LogP contribution in [-0.4, -0.2) is 77.0 Å². The van der Waals surface area contributed by atoms with Gasteiger partial charge in [0.05, 0.1) is 6.04 Å². The molecule has 0 saturated carbocycles. The second-order valence-electron chi connectivity index (χ2n) is 7.53. The Balaban J connectivity index is 5.27. The Morgan fingerprint density at radius 2 is 1.58 bits per heavy atom. The third-order valence-electron chi connectivity index (χ3n) is 4.79. The summed E-state index contributed by atoms with van der Waals surface area (Å²) in [5, 5.41) is 24.8. The van der Waals surface area contributed by atoms with E-state index in [4.69, 9.17) is 27.4 Å². The van der Waals surface area contributed by atoms with Crippen LogP contribution in [0.5, 0.6) is 0 Å². The molecule has 0 bridgehead atoms. The Kier molecular flexibility index (Phi) is 13.8. The van der Waals surface area contributed by atoms with Gasteiger partial charge >= 0.3 is 11.9 Å². The zero-order valence-corrected chi connectivity index (χ0v) is 18.9. The number of aliphatic imine (C=N–C) groups is 1. The number of nitrogens with two attached hydrogens (primary N) is 3. The van der Waals surface area contributed by atoms with E-state index in [9.17, 15) is 24.0 Å². The number of carboxylic acid groups (broad SMARTS) is 2. The number of guanidine groups is 1. The Morgan fingerprint density at radius 3 is 2.09 bits per heavy atom. The van der Waals surface area contributed by atoms with E-state index in [1.807, 2.05) is 0 Å². The molecule has 11 N–H and O–H groups in total. The van der Waals surface area contributed by atoms with Crippen molar-refractivity contribution >= 4 is 35.6 Å². The molecule has 14 heteroatoms. The van der Waals surface area contributed by atoms with Crippen molar-refractivity contribution in [3.05, 3.63) is 0 Å². The van der Waals surface area contributed by atoms with Crippen LogP contribution in [0.1, 0.15) is 46.0 Å². The molecule has 4 atom stereocenters. The molecule has 0 aromatic carbocycles. The molecule has 33 heavy (non-hydrogen) atoms. The average Bonchev–Trinajstić information content (AvgIpc) is 2.74. The van der Waals surface area contributed by atoms with Crippen molar-refractivity contribution < 1.29 is 34.2 Å². The van der Waals surface area contributed by atoms with Crippen molar-refractivity contribution in [2.45, 2.75) is 64.1 Å². The minimum Gasteiger partial charge on any atom is -0.481 e. The summed E-state index contributed by atoms with van der Waals surface area (Å²) in [6, 6.07) is -3.35. The number of nitrogens with zero attached hydrogens (tertiary/aromatic N) is 1. The second kappa shape index (κ2) is 15.4. The maximum atomic E-state index is 12.8. The molecule has 0 radical (unpaired) electrons. The molecule has 3 amide bonds. The second-order valence-corrected chi connectivity index (χ2v) is 7.53. The standard InChI is InChI=1S/C19H35N7O7/c1-3-10(2)15(18(33)24-9-14(29)30)26-17(32)12(6-7-13(27)28)25-16(31)11(20)5-4-8-23-19(21)22/h10-12,15H,3-9,20H2,1-2H3,(H,24,33)(H,25,31)(H,26,32)(H,27,28)(H,29,30)(H4,21,22,23). The van der Waals surface area contributed by atoms with E-state index in [0.29, 0.717) is 12.8 Å². The highest BCUT2D eigenvalue weighted by atomic mass is 16.4. The first kappa shape index (κ1) is 29.6. The molecular formula is C19H35N7O7. The van der Waals surface area contributed by atoms with Crippen LogP contribution in [0.2, 0.25) is 0 Å². The summed E-state index contributed by atoms with van der Waals surface area (Å²) in [5.41, 5.74) is 16.3. The first-order valence-corrected chi connectivity index (χ1v) is 10.5. The van der Waals surface area contributed by atoms with E-state index in [0.717, 1.165) is 0 Å². The van der Waals surface area contributed by atoms with Gasteiger partial charge in [0.15, 0.2) is 5.96 Å². The minimum absolute atomic E-state index is 0.0957. The number of amides is 3. The van der Waals surface area contributed by atoms with Gasteiger partial charge in [-0.05, 0) is 25.2 Å². The summed E-state index contributed by atoms with van der Waals surface area (Å²) in [6.45, 7) is 3.09. The van der Waals surface area contributed by atoms with Gasteiger partial charge in [-0.3, -0.25) is 29.0 Å². The SMILES string of the molecule is CCC(C)C(NC(=O)C(CCC(=O)O)NC(=O)C(N)CCCN=C(N)N)C(=O)NCC(=O)O. The maximum Gasteiger partial charge on any atom is 0.322 e. The molecule has 0 saturated heterocycles. The zero-order valence-electron chi connectivity index (χ0n) is 18.9. The molecule has 14 nitrogen and oxygen atoms in total. The molecule has 0 spiro atoms. The van der Waals surface area contributed by atoms with Gasteiger partial charge < -0.3 is 43.4 Å². The summed E-state index contributed by atoms with van der Waals surface area (Å²) in [7, 11) is 0. The number of carbonyl (C=O) groups excluding carboxylic acids is 3. The first-order chi connectivity index (χ1) is 15.4. The summed E-state index contributed by atoms with van der Waals surface area (Å²) in [4.78, 5) is 63.1. The zero-order chi connectivity index (χ0) is 25.6. The summed E-state index contributed by atoms with van der Waals surface area (Å²) < 4.78 is 0. The van der Waals surface area contributed by atoms with Crippen molar-refractivity contribution in [2.24, 2.45) is 28.1 Å². The number of carboxylic acids is 2. The highest BCUT2D eigenvalue weighted by Crippen LogP contribution is 2.10. The molecule has 0 rings (SSSR count). The van der Waals surface area contributed by atoms with Gasteiger partial charge in [0.2, 0.25) is 17.7 Å². The fourth-order valence-electron chi connectivity index (χ4n) is 2.69. The largest absolute Gasteiger partial charge is 0.481 e. The van der Waals surface area contributed by atoms with Crippen molar-refractivity contribution in [1.29, 1.82) is 0 Å². The van der Waals surface area contributed by atoms with Gasteiger partial charge in [-0.25, -0.2) is 0 Å². The van der Waals surface area contributed by atoms with Crippen LogP contribution in [-0.2, 0) is 24.0 Å². The van der Waals surface area contributed by atoms with Gasteiger partial charge in [0, 0.05) is 13.0 Å². The molecule has 0 aliphatic heterocycles. The fourth-order valence-corrected chi connectivity index (χ4v) is 2.69. The van der Waals surface area contributed by atoms with Crippen LogP contribution in [0.25, 0.3) is 0 Å². The Bertz CT molecular complexity index is 725. The molecule has 0 fully saturated rings.